The van der Waals surface area contributed by atoms with Crippen LogP contribution in [0.15, 0.2) is 36.4 Å². The lowest BCUT2D eigenvalue weighted by Gasteiger charge is -2.35. The number of piperazine rings is 1. The first-order valence-corrected chi connectivity index (χ1v) is 19.3. The minimum absolute atomic E-state index is 0.0391. The molecule has 0 radical (unpaired) electrons. The van der Waals surface area contributed by atoms with Gasteiger partial charge in [-0.3, -0.25) is 24.0 Å². The van der Waals surface area contributed by atoms with E-state index in [0.717, 1.165) is 32.1 Å². The predicted molar refractivity (Wildman–Crippen MR) is 197 cm³/mol. The zero-order valence-corrected chi connectivity index (χ0v) is 31.7. The minimum Gasteiger partial charge on any atom is -0.467 e. The molecule has 2 aliphatic heterocycles. The number of nitrogens with one attached hydrogen (secondary N) is 2. The molecule has 0 spiro atoms. The van der Waals surface area contributed by atoms with Crippen molar-refractivity contribution in [2.45, 2.75) is 96.2 Å². The Kier molecular flexibility index (Phi) is 15.3. The van der Waals surface area contributed by atoms with E-state index in [1.165, 1.54) is 22.7 Å². The second-order valence-corrected chi connectivity index (χ2v) is 13.9. The van der Waals surface area contributed by atoms with Crippen LogP contribution in [0.4, 0.5) is 4.79 Å². The number of hydrogen-bond acceptors (Lipinski definition) is 12. The molecule has 17 heteroatoms. The van der Waals surface area contributed by atoms with Crippen LogP contribution in [-0.2, 0) is 33.5 Å². The lowest BCUT2D eigenvalue weighted by atomic mass is 9.93. The summed E-state index contributed by atoms with van der Waals surface area (Å²) in [6.45, 7) is 4.83. The van der Waals surface area contributed by atoms with Gasteiger partial charge in [0, 0.05) is 38.7 Å². The molecule has 17 nitrogen and oxygen atoms in total. The van der Waals surface area contributed by atoms with Crippen LogP contribution in [0.25, 0.3) is 5.69 Å². The first-order chi connectivity index (χ1) is 26.6. The molecule has 0 bridgehead atoms. The average molecular weight is 768 g/mol. The Morgan fingerprint density at radius 2 is 1.64 bits per heavy atom. The molecule has 1 aromatic carbocycles. The highest BCUT2D eigenvalue weighted by atomic mass is 16.8. The predicted octanol–water partition coefficient (Wildman–Crippen LogP) is 2.76. The Hall–Kier alpha value is -5.19. The third-order valence-electron chi connectivity index (χ3n) is 9.85. The van der Waals surface area contributed by atoms with Crippen LogP contribution in [0.3, 0.4) is 0 Å². The van der Waals surface area contributed by atoms with Crippen molar-refractivity contribution in [3.05, 3.63) is 42.1 Å². The fraction of sp³-hybridized carbons (Fsp3) is 0.605. The molecule has 2 saturated heterocycles. The summed E-state index contributed by atoms with van der Waals surface area (Å²) < 4.78 is 17.5. The maximum absolute atomic E-state index is 13.8. The first kappa shape index (κ1) is 41.0. The molecule has 1 aliphatic carbocycles. The molecule has 5 rings (SSSR count). The third-order valence-corrected chi connectivity index (χ3v) is 9.85. The van der Waals surface area contributed by atoms with Gasteiger partial charge in [-0.15, -0.1) is 5.06 Å². The quantitative estimate of drug-likeness (QED) is 0.167. The van der Waals surface area contributed by atoms with Crippen molar-refractivity contribution < 1.29 is 47.8 Å². The van der Waals surface area contributed by atoms with E-state index in [1.807, 2.05) is 13.0 Å². The fourth-order valence-electron chi connectivity index (χ4n) is 6.55. The maximum atomic E-state index is 13.8. The van der Waals surface area contributed by atoms with Gasteiger partial charge in [0.25, 0.3) is 11.8 Å². The fourth-order valence-corrected chi connectivity index (χ4v) is 6.55. The van der Waals surface area contributed by atoms with Crippen molar-refractivity contribution in [2.75, 3.05) is 52.5 Å². The summed E-state index contributed by atoms with van der Waals surface area (Å²) in [5.74, 6) is -1.72. The molecule has 1 aromatic heterocycles. The smallest absolute Gasteiger partial charge is 0.467 e. The van der Waals surface area contributed by atoms with Gasteiger partial charge in [-0.25, -0.2) is 9.48 Å². The number of hydrogen-bond donors (Lipinski definition) is 2. The Morgan fingerprint density at radius 3 is 2.33 bits per heavy atom. The summed E-state index contributed by atoms with van der Waals surface area (Å²) >= 11 is 0. The van der Waals surface area contributed by atoms with Gasteiger partial charge in [0.2, 0.25) is 17.7 Å². The minimum atomic E-state index is -0.942. The molecule has 55 heavy (non-hydrogen) atoms. The van der Waals surface area contributed by atoms with E-state index in [-0.39, 0.29) is 87.8 Å². The molecule has 4 amide bonds. The van der Waals surface area contributed by atoms with Crippen molar-refractivity contribution in [2.24, 2.45) is 0 Å². The molecule has 3 heterocycles. The van der Waals surface area contributed by atoms with Gasteiger partial charge in [-0.1, -0.05) is 31.5 Å². The highest BCUT2D eigenvalue weighted by Crippen LogP contribution is 2.24. The van der Waals surface area contributed by atoms with Crippen LogP contribution < -0.4 is 15.4 Å². The lowest BCUT2D eigenvalue weighted by molar-refractivity contribution is -0.158. The number of ether oxygens (including phenoxy) is 3. The Balaban J connectivity index is 1.24. The normalized spacial score (nSPS) is 17.8. The van der Waals surface area contributed by atoms with Crippen LogP contribution in [0.1, 0.15) is 88.5 Å². The lowest BCUT2D eigenvalue weighted by Crippen LogP contribution is -2.55. The number of likely N-dealkylation sites (tertiary alicyclic amines) is 1. The number of benzene rings is 1. The van der Waals surface area contributed by atoms with E-state index in [0.29, 0.717) is 37.9 Å². The zero-order chi connectivity index (χ0) is 39.2. The number of nitrogens with zero attached hydrogens (tertiary/aromatic N) is 5. The number of aromatic nitrogens is 2. The van der Waals surface area contributed by atoms with Crippen LogP contribution in [0.5, 0.6) is 5.88 Å². The molecule has 2 aromatic rings. The molecule has 0 unspecified atom stereocenters. The van der Waals surface area contributed by atoms with Gasteiger partial charge in [-0.2, -0.15) is 5.10 Å². The van der Waals surface area contributed by atoms with Gasteiger partial charge in [0.15, 0.2) is 12.3 Å². The average Bonchev–Trinajstić information content (AvgIpc) is 3.84. The van der Waals surface area contributed by atoms with Gasteiger partial charge in [0.1, 0.15) is 12.1 Å². The van der Waals surface area contributed by atoms with Gasteiger partial charge >= 0.3 is 12.1 Å². The van der Waals surface area contributed by atoms with E-state index < -0.39 is 30.1 Å². The summed E-state index contributed by atoms with van der Waals surface area (Å²) in [4.78, 5) is 85.6. The van der Waals surface area contributed by atoms with Crippen LogP contribution in [0.2, 0.25) is 0 Å². The van der Waals surface area contributed by atoms with Crippen molar-refractivity contribution in [1.82, 2.24) is 35.3 Å². The second-order valence-electron chi connectivity index (χ2n) is 13.9. The van der Waals surface area contributed by atoms with Crippen LogP contribution >= 0.6 is 0 Å². The first-order valence-electron chi connectivity index (χ1n) is 19.3. The summed E-state index contributed by atoms with van der Waals surface area (Å²) in [7, 11) is 0. The van der Waals surface area contributed by atoms with Crippen LogP contribution in [0, 0.1) is 0 Å². The van der Waals surface area contributed by atoms with Crippen molar-refractivity contribution in [3.63, 3.8) is 0 Å². The highest BCUT2D eigenvalue weighted by Gasteiger charge is 2.36. The van der Waals surface area contributed by atoms with E-state index in [4.69, 9.17) is 19.0 Å². The number of amides is 4. The SMILES string of the molecule is CCCCOC(=O)ON1CCN(C(=O)[C@H](CCCCOC(C)=O)NC(=O)c2cc(OCC(=O)N3CCC[C@H]3C(=O)NC3CCC3)n(-c3ccccc3)n2)CC1. The number of para-hydroxylation sites is 1. The Morgan fingerprint density at radius 1 is 0.891 bits per heavy atom. The van der Waals surface area contributed by atoms with E-state index in [9.17, 15) is 28.8 Å². The number of carbonyl (C=O) groups excluding carboxylic acids is 6. The number of carbonyl (C=O) groups is 6. The van der Waals surface area contributed by atoms with Gasteiger partial charge in [-0.05, 0) is 69.9 Å². The Bertz CT molecular complexity index is 1620. The van der Waals surface area contributed by atoms with E-state index in [1.54, 1.807) is 34.1 Å². The second kappa shape index (κ2) is 20.5. The molecule has 3 aliphatic rings. The largest absolute Gasteiger partial charge is 0.527 e. The summed E-state index contributed by atoms with van der Waals surface area (Å²) in [6, 6.07) is 9.05. The third kappa shape index (κ3) is 11.9. The maximum Gasteiger partial charge on any atom is 0.527 e. The number of unbranched alkanes of at least 4 members (excludes halogenated alkanes) is 2. The monoisotopic (exact) mass is 767 g/mol. The van der Waals surface area contributed by atoms with Gasteiger partial charge < -0.3 is 39.5 Å². The van der Waals surface area contributed by atoms with Crippen molar-refractivity contribution >= 4 is 35.8 Å². The zero-order valence-electron chi connectivity index (χ0n) is 31.7. The number of rotatable bonds is 18. The molecule has 2 atom stereocenters. The van der Waals surface area contributed by atoms with Crippen LogP contribution in [-0.4, -0.2) is 131 Å². The topological polar surface area (TPSA) is 191 Å². The molecule has 2 N–H and O–H groups in total. The molecule has 1 saturated carbocycles. The molecular formula is C38H53N7O10. The number of esters is 1. The number of hydroxylamine groups is 2. The standard InChI is InChI=1S/C38H53N7O10/c1-3-4-23-53-38(51)55-43-21-19-42(20-22-43)37(50)30(16-8-9-24-52-27(2)46)40-35(48)31-25-34(45(41-31)29-14-6-5-7-15-29)54-26-33(47)44-18-11-17-32(44)36(49)39-28-12-10-13-28/h5-7,14-15,25,28,30,32H,3-4,8-13,16-24,26H2,1-2H3,(H,39,49)(H,40,48)/t30-,32-/m0/s1. The molecule has 3 fully saturated rings. The highest BCUT2D eigenvalue weighted by molar-refractivity contribution is 5.96. The van der Waals surface area contributed by atoms with Crippen molar-refractivity contribution in [1.29, 1.82) is 0 Å². The molecular weight excluding hydrogens is 714 g/mol. The van der Waals surface area contributed by atoms with E-state index in [2.05, 4.69) is 15.7 Å². The van der Waals surface area contributed by atoms with Gasteiger partial charge in [0.05, 0.1) is 32.0 Å². The van der Waals surface area contributed by atoms with E-state index >= 15 is 0 Å². The summed E-state index contributed by atoms with van der Waals surface area (Å²) in [5.41, 5.74) is 0.540. The summed E-state index contributed by atoms with van der Waals surface area (Å²) in [5, 5.41) is 11.8. The Labute approximate surface area is 320 Å². The van der Waals surface area contributed by atoms with Crippen molar-refractivity contribution in [3.8, 4) is 11.6 Å². The summed E-state index contributed by atoms with van der Waals surface area (Å²) in [6.07, 6.45) is 6.31. The molecule has 300 valence electrons.